The van der Waals surface area contributed by atoms with Gasteiger partial charge in [-0.2, -0.15) is 0 Å². The molecule has 0 aromatic carbocycles. The van der Waals surface area contributed by atoms with Gasteiger partial charge in [0.25, 0.3) is 5.91 Å². The molecule has 1 aromatic heterocycles. The molecule has 3 heterocycles. The summed E-state index contributed by atoms with van der Waals surface area (Å²) in [4.78, 5) is 21.0. The maximum absolute atomic E-state index is 12.5. The average Bonchev–Trinajstić information content (AvgIpc) is 2.46. The van der Waals surface area contributed by atoms with Crippen molar-refractivity contribution in [2.45, 2.75) is 25.3 Å². The van der Waals surface area contributed by atoms with E-state index in [0.29, 0.717) is 17.4 Å². The Labute approximate surface area is 113 Å². The van der Waals surface area contributed by atoms with Gasteiger partial charge < -0.3 is 10.6 Å². The molecule has 2 fully saturated rings. The van der Waals surface area contributed by atoms with Gasteiger partial charge in [0.2, 0.25) is 0 Å². The van der Waals surface area contributed by atoms with Crippen LogP contribution in [0.1, 0.15) is 29.8 Å². The van der Waals surface area contributed by atoms with E-state index >= 15 is 0 Å². The standard InChI is InChI=1S/C14H20N4O/c15-12-5-3-6-16-13(12)14(19)18-9-8-17-7-2-1-4-11(17)10-18/h3,5-6,11H,1-2,4,7-10,15H2. The number of fused-ring (bicyclic) bond motifs is 1. The summed E-state index contributed by atoms with van der Waals surface area (Å²) >= 11 is 0. The highest BCUT2D eigenvalue weighted by atomic mass is 16.2. The molecule has 2 aliphatic rings. The number of pyridine rings is 1. The van der Waals surface area contributed by atoms with Gasteiger partial charge >= 0.3 is 0 Å². The van der Waals surface area contributed by atoms with Crippen molar-refractivity contribution in [2.24, 2.45) is 0 Å². The molecule has 1 aromatic rings. The van der Waals surface area contributed by atoms with Crippen LogP contribution in [0.25, 0.3) is 0 Å². The highest BCUT2D eigenvalue weighted by Gasteiger charge is 2.32. The second-order valence-electron chi connectivity index (χ2n) is 5.38. The Morgan fingerprint density at radius 2 is 2.21 bits per heavy atom. The quantitative estimate of drug-likeness (QED) is 0.817. The molecule has 2 N–H and O–H groups in total. The van der Waals surface area contributed by atoms with Crippen LogP contribution in [0.4, 0.5) is 5.69 Å². The highest BCUT2D eigenvalue weighted by molar-refractivity contribution is 5.97. The third kappa shape index (κ3) is 2.42. The molecule has 0 bridgehead atoms. The summed E-state index contributed by atoms with van der Waals surface area (Å²) in [6.07, 6.45) is 5.38. The molecule has 0 saturated carbocycles. The Balaban J connectivity index is 1.73. The van der Waals surface area contributed by atoms with Crippen LogP contribution >= 0.6 is 0 Å². The minimum atomic E-state index is -0.0247. The summed E-state index contributed by atoms with van der Waals surface area (Å²) < 4.78 is 0. The fourth-order valence-corrected chi connectivity index (χ4v) is 3.09. The van der Waals surface area contributed by atoms with E-state index in [1.54, 1.807) is 18.3 Å². The van der Waals surface area contributed by atoms with Gasteiger partial charge in [0.15, 0.2) is 5.69 Å². The number of hydrogen-bond donors (Lipinski definition) is 1. The van der Waals surface area contributed by atoms with E-state index in [2.05, 4.69) is 9.88 Å². The van der Waals surface area contributed by atoms with E-state index in [1.807, 2.05) is 4.90 Å². The second kappa shape index (κ2) is 5.17. The molecular formula is C14H20N4O. The number of amides is 1. The topological polar surface area (TPSA) is 62.5 Å². The Morgan fingerprint density at radius 3 is 3.05 bits per heavy atom. The predicted octanol–water partition coefficient (Wildman–Crippen LogP) is 0.974. The van der Waals surface area contributed by atoms with Crippen LogP contribution in [0, 0.1) is 0 Å². The molecule has 1 unspecified atom stereocenters. The normalized spacial score (nSPS) is 24.0. The minimum Gasteiger partial charge on any atom is -0.397 e. The SMILES string of the molecule is Nc1cccnc1C(=O)N1CCN2CCCCC2C1. The Bertz CT molecular complexity index is 476. The fraction of sp³-hybridized carbons (Fsp3) is 0.571. The maximum atomic E-state index is 12.5. The van der Waals surface area contributed by atoms with Crippen molar-refractivity contribution in [3.05, 3.63) is 24.0 Å². The molecule has 19 heavy (non-hydrogen) atoms. The van der Waals surface area contributed by atoms with E-state index in [0.717, 1.165) is 19.6 Å². The van der Waals surface area contributed by atoms with Gasteiger partial charge in [-0.1, -0.05) is 6.42 Å². The van der Waals surface area contributed by atoms with Crippen molar-refractivity contribution < 1.29 is 4.79 Å². The third-order valence-corrected chi connectivity index (χ3v) is 4.17. The van der Waals surface area contributed by atoms with E-state index in [4.69, 9.17) is 5.73 Å². The van der Waals surface area contributed by atoms with E-state index in [1.165, 1.54) is 25.8 Å². The number of piperidine rings is 1. The number of rotatable bonds is 1. The van der Waals surface area contributed by atoms with Crippen molar-refractivity contribution in [2.75, 3.05) is 31.9 Å². The first-order valence-electron chi connectivity index (χ1n) is 6.99. The van der Waals surface area contributed by atoms with Crippen molar-refractivity contribution in [3.63, 3.8) is 0 Å². The van der Waals surface area contributed by atoms with Gasteiger partial charge in [-0.05, 0) is 31.5 Å². The van der Waals surface area contributed by atoms with E-state index in [-0.39, 0.29) is 5.91 Å². The summed E-state index contributed by atoms with van der Waals surface area (Å²) in [6.45, 7) is 3.75. The summed E-state index contributed by atoms with van der Waals surface area (Å²) in [5.74, 6) is -0.0247. The summed E-state index contributed by atoms with van der Waals surface area (Å²) in [6, 6.07) is 4.01. The smallest absolute Gasteiger partial charge is 0.274 e. The van der Waals surface area contributed by atoms with Gasteiger partial charge in [-0.25, -0.2) is 4.98 Å². The molecule has 1 atom stereocenters. The first-order valence-corrected chi connectivity index (χ1v) is 6.99. The lowest BCUT2D eigenvalue weighted by Gasteiger charge is -2.43. The second-order valence-corrected chi connectivity index (χ2v) is 5.38. The summed E-state index contributed by atoms with van der Waals surface area (Å²) in [7, 11) is 0. The zero-order valence-corrected chi connectivity index (χ0v) is 11.1. The molecule has 0 radical (unpaired) electrons. The number of hydrogen-bond acceptors (Lipinski definition) is 4. The summed E-state index contributed by atoms with van der Waals surface area (Å²) in [5, 5.41) is 0. The predicted molar refractivity (Wildman–Crippen MR) is 73.8 cm³/mol. The van der Waals surface area contributed by atoms with Crippen LogP contribution < -0.4 is 5.73 Å². The molecule has 5 nitrogen and oxygen atoms in total. The number of carbonyl (C=O) groups excluding carboxylic acids is 1. The van der Waals surface area contributed by atoms with Crippen LogP contribution in [-0.2, 0) is 0 Å². The number of aromatic nitrogens is 1. The zero-order valence-electron chi connectivity index (χ0n) is 11.1. The van der Waals surface area contributed by atoms with Gasteiger partial charge in [0.1, 0.15) is 0 Å². The maximum Gasteiger partial charge on any atom is 0.274 e. The third-order valence-electron chi connectivity index (χ3n) is 4.17. The van der Waals surface area contributed by atoms with Gasteiger partial charge in [0.05, 0.1) is 5.69 Å². The average molecular weight is 260 g/mol. The zero-order chi connectivity index (χ0) is 13.2. The summed E-state index contributed by atoms with van der Waals surface area (Å²) in [5.41, 5.74) is 6.71. The Kier molecular flexibility index (Phi) is 3.38. The highest BCUT2D eigenvalue weighted by Crippen LogP contribution is 2.22. The molecule has 3 rings (SSSR count). The fourth-order valence-electron chi connectivity index (χ4n) is 3.09. The van der Waals surface area contributed by atoms with Crippen molar-refractivity contribution in [1.82, 2.24) is 14.8 Å². The first kappa shape index (κ1) is 12.4. The van der Waals surface area contributed by atoms with Crippen molar-refractivity contribution >= 4 is 11.6 Å². The monoisotopic (exact) mass is 260 g/mol. The number of carbonyl (C=O) groups is 1. The van der Waals surface area contributed by atoms with Crippen LogP contribution in [0.2, 0.25) is 0 Å². The number of nitrogen functional groups attached to an aromatic ring is 1. The molecule has 1 amide bonds. The Morgan fingerprint density at radius 1 is 1.32 bits per heavy atom. The molecule has 0 spiro atoms. The lowest BCUT2D eigenvalue weighted by molar-refractivity contribution is 0.0369. The van der Waals surface area contributed by atoms with E-state index in [9.17, 15) is 4.79 Å². The molecule has 5 heteroatoms. The minimum absolute atomic E-state index is 0.0247. The van der Waals surface area contributed by atoms with Crippen molar-refractivity contribution in [3.8, 4) is 0 Å². The van der Waals surface area contributed by atoms with Crippen LogP contribution in [-0.4, -0.2) is 52.9 Å². The van der Waals surface area contributed by atoms with Crippen LogP contribution in [0.5, 0.6) is 0 Å². The molecule has 2 aliphatic heterocycles. The lowest BCUT2D eigenvalue weighted by Crippen LogP contribution is -2.56. The van der Waals surface area contributed by atoms with Gasteiger partial charge in [-0.3, -0.25) is 9.69 Å². The number of nitrogens with two attached hydrogens (primary N) is 1. The largest absolute Gasteiger partial charge is 0.397 e. The Hall–Kier alpha value is -1.62. The van der Waals surface area contributed by atoms with Crippen LogP contribution in [0.3, 0.4) is 0 Å². The number of nitrogens with zero attached hydrogens (tertiary/aromatic N) is 3. The van der Waals surface area contributed by atoms with E-state index < -0.39 is 0 Å². The number of piperazine rings is 1. The molecule has 102 valence electrons. The number of anilines is 1. The molecule has 0 aliphatic carbocycles. The molecule has 2 saturated heterocycles. The first-order chi connectivity index (χ1) is 9.25. The lowest BCUT2D eigenvalue weighted by atomic mass is 9.99. The van der Waals surface area contributed by atoms with Crippen LogP contribution in [0.15, 0.2) is 18.3 Å². The van der Waals surface area contributed by atoms with Gasteiger partial charge in [0, 0.05) is 31.9 Å². The molecular weight excluding hydrogens is 240 g/mol. The van der Waals surface area contributed by atoms with Crippen molar-refractivity contribution in [1.29, 1.82) is 0 Å². The van der Waals surface area contributed by atoms with Gasteiger partial charge in [-0.15, -0.1) is 0 Å².